The van der Waals surface area contributed by atoms with Crippen molar-refractivity contribution in [3.8, 4) is 5.88 Å². The van der Waals surface area contributed by atoms with E-state index >= 15 is 0 Å². The lowest BCUT2D eigenvalue weighted by Gasteiger charge is -2.30. The highest BCUT2D eigenvalue weighted by atomic mass is 35.5. The third-order valence-electron chi connectivity index (χ3n) is 3.85. The van der Waals surface area contributed by atoms with E-state index in [1.165, 1.54) is 13.2 Å². The van der Waals surface area contributed by atoms with Gasteiger partial charge in [-0.3, -0.25) is 10.1 Å². The highest BCUT2D eigenvalue weighted by Crippen LogP contribution is 2.35. The van der Waals surface area contributed by atoms with Gasteiger partial charge < -0.3 is 10.1 Å². The predicted molar refractivity (Wildman–Crippen MR) is 77.0 cm³/mol. The number of nitrogens with zero attached hydrogens (tertiary/aromatic N) is 2. The zero-order valence-corrected chi connectivity index (χ0v) is 12.6. The molecular formula is C13H19ClN4O2. The van der Waals surface area contributed by atoms with E-state index in [9.17, 15) is 4.79 Å². The van der Waals surface area contributed by atoms with Crippen molar-refractivity contribution in [3.63, 3.8) is 0 Å². The molecular weight excluding hydrogens is 280 g/mol. The Labute approximate surface area is 123 Å². The van der Waals surface area contributed by atoms with Crippen molar-refractivity contribution in [1.82, 2.24) is 15.3 Å². The molecule has 1 amide bonds. The first kappa shape index (κ1) is 15.0. The number of carbonyl (C=O) groups excluding carboxylic acids is 1. The van der Waals surface area contributed by atoms with Crippen molar-refractivity contribution >= 4 is 23.5 Å². The lowest BCUT2D eigenvalue weighted by Crippen LogP contribution is -2.42. The van der Waals surface area contributed by atoms with Gasteiger partial charge in [-0.2, -0.15) is 4.98 Å². The Bertz CT molecular complexity index is 501. The van der Waals surface area contributed by atoms with Crippen LogP contribution in [0.25, 0.3) is 0 Å². The molecule has 110 valence electrons. The molecule has 0 radical (unpaired) electrons. The monoisotopic (exact) mass is 298 g/mol. The molecule has 1 aromatic rings. The quantitative estimate of drug-likeness (QED) is 0.828. The second kappa shape index (κ2) is 5.93. The fourth-order valence-electron chi connectivity index (χ4n) is 2.44. The molecule has 0 aromatic carbocycles. The van der Waals surface area contributed by atoms with E-state index < -0.39 is 5.41 Å². The fraction of sp³-hybridized carbons (Fsp3) is 0.615. The average molecular weight is 299 g/mol. The van der Waals surface area contributed by atoms with Crippen LogP contribution in [-0.2, 0) is 4.79 Å². The standard InChI is InChI=1S/C13H19ClN4O2/c1-8(2)13(4-5-15-7-13)11(19)18-12-16-9(14)6-10(17-12)20-3/h6,8,15H,4-5,7H2,1-3H3,(H,16,17,18,19). The number of methoxy groups -OCH3 is 1. The average Bonchev–Trinajstić information content (AvgIpc) is 2.88. The summed E-state index contributed by atoms with van der Waals surface area (Å²) < 4.78 is 5.02. The smallest absolute Gasteiger partial charge is 0.234 e. The van der Waals surface area contributed by atoms with E-state index in [4.69, 9.17) is 16.3 Å². The number of rotatable bonds is 4. The fourth-order valence-corrected chi connectivity index (χ4v) is 2.62. The molecule has 1 atom stereocenters. The number of ether oxygens (including phenoxy) is 1. The van der Waals surface area contributed by atoms with Gasteiger partial charge in [0.25, 0.3) is 0 Å². The maximum atomic E-state index is 12.6. The Balaban J connectivity index is 2.20. The first-order valence-electron chi connectivity index (χ1n) is 6.58. The van der Waals surface area contributed by atoms with Gasteiger partial charge in [0.1, 0.15) is 5.15 Å². The van der Waals surface area contributed by atoms with E-state index in [0.29, 0.717) is 12.4 Å². The number of nitrogens with one attached hydrogen (secondary N) is 2. The maximum Gasteiger partial charge on any atom is 0.234 e. The number of carbonyl (C=O) groups is 1. The van der Waals surface area contributed by atoms with Crippen LogP contribution in [0, 0.1) is 11.3 Å². The van der Waals surface area contributed by atoms with Gasteiger partial charge in [-0.05, 0) is 18.9 Å². The summed E-state index contributed by atoms with van der Waals surface area (Å²) in [5, 5.41) is 6.23. The highest BCUT2D eigenvalue weighted by molar-refractivity contribution is 6.29. The maximum absolute atomic E-state index is 12.6. The van der Waals surface area contributed by atoms with Crippen LogP contribution in [0.5, 0.6) is 5.88 Å². The van der Waals surface area contributed by atoms with Gasteiger partial charge in [0.15, 0.2) is 0 Å². The van der Waals surface area contributed by atoms with Crippen molar-refractivity contribution < 1.29 is 9.53 Å². The Morgan fingerprint density at radius 2 is 2.30 bits per heavy atom. The van der Waals surface area contributed by atoms with Gasteiger partial charge in [0, 0.05) is 12.6 Å². The molecule has 1 saturated heterocycles. The molecule has 0 spiro atoms. The lowest BCUT2D eigenvalue weighted by molar-refractivity contribution is -0.126. The van der Waals surface area contributed by atoms with Gasteiger partial charge in [-0.1, -0.05) is 25.4 Å². The first-order chi connectivity index (χ1) is 9.48. The summed E-state index contributed by atoms with van der Waals surface area (Å²) in [5.74, 6) is 0.634. The normalized spacial score (nSPS) is 22.1. The summed E-state index contributed by atoms with van der Waals surface area (Å²) in [4.78, 5) is 20.7. The van der Waals surface area contributed by atoms with Crippen molar-refractivity contribution in [2.45, 2.75) is 20.3 Å². The second-order valence-corrected chi connectivity index (χ2v) is 5.64. The third kappa shape index (κ3) is 2.86. The van der Waals surface area contributed by atoms with E-state index in [0.717, 1.165) is 13.0 Å². The summed E-state index contributed by atoms with van der Waals surface area (Å²) in [6, 6.07) is 1.49. The van der Waals surface area contributed by atoms with Crippen LogP contribution in [0.1, 0.15) is 20.3 Å². The van der Waals surface area contributed by atoms with E-state index in [1.54, 1.807) is 0 Å². The molecule has 1 aromatic heterocycles. The van der Waals surface area contributed by atoms with Crippen molar-refractivity contribution in [2.24, 2.45) is 11.3 Å². The Kier molecular flexibility index (Phi) is 4.45. The second-order valence-electron chi connectivity index (χ2n) is 5.25. The zero-order valence-electron chi connectivity index (χ0n) is 11.9. The number of amides is 1. The van der Waals surface area contributed by atoms with Gasteiger partial charge in [-0.15, -0.1) is 0 Å². The number of halogens is 1. The van der Waals surface area contributed by atoms with Gasteiger partial charge in [0.05, 0.1) is 12.5 Å². The molecule has 0 aliphatic carbocycles. The minimum absolute atomic E-state index is 0.0816. The zero-order chi connectivity index (χ0) is 14.8. The Morgan fingerprint density at radius 1 is 1.55 bits per heavy atom. The number of anilines is 1. The summed E-state index contributed by atoms with van der Waals surface area (Å²) in [5.41, 5.74) is -0.432. The molecule has 1 aliphatic heterocycles. The molecule has 0 saturated carbocycles. The first-order valence-corrected chi connectivity index (χ1v) is 6.96. The molecule has 6 nitrogen and oxygen atoms in total. The van der Waals surface area contributed by atoms with E-state index in [2.05, 4.69) is 20.6 Å². The largest absolute Gasteiger partial charge is 0.481 e. The Hall–Kier alpha value is -1.40. The van der Waals surface area contributed by atoms with Crippen LogP contribution in [0.3, 0.4) is 0 Å². The summed E-state index contributed by atoms with van der Waals surface area (Å²) >= 11 is 5.87. The number of hydrogen-bond acceptors (Lipinski definition) is 5. The molecule has 2 heterocycles. The molecule has 1 fully saturated rings. The van der Waals surface area contributed by atoms with Crippen molar-refractivity contribution in [2.75, 3.05) is 25.5 Å². The van der Waals surface area contributed by atoms with Gasteiger partial charge >= 0.3 is 0 Å². The molecule has 2 N–H and O–H groups in total. The third-order valence-corrected chi connectivity index (χ3v) is 4.05. The molecule has 2 rings (SSSR count). The molecule has 20 heavy (non-hydrogen) atoms. The van der Waals surface area contributed by atoms with Gasteiger partial charge in [-0.25, -0.2) is 4.98 Å². The van der Waals surface area contributed by atoms with Crippen LogP contribution in [0.4, 0.5) is 5.95 Å². The summed E-state index contributed by atoms with van der Waals surface area (Å²) in [6.45, 7) is 5.59. The van der Waals surface area contributed by atoms with Gasteiger partial charge in [0.2, 0.25) is 17.7 Å². The topological polar surface area (TPSA) is 76.1 Å². The van der Waals surface area contributed by atoms with Crippen LogP contribution in [-0.4, -0.2) is 36.1 Å². The number of hydrogen-bond donors (Lipinski definition) is 2. The van der Waals surface area contributed by atoms with Crippen molar-refractivity contribution in [1.29, 1.82) is 0 Å². The van der Waals surface area contributed by atoms with Crippen molar-refractivity contribution in [3.05, 3.63) is 11.2 Å². The van der Waals surface area contributed by atoms with E-state index in [1.807, 2.05) is 13.8 Å². The predicted octanol–water partition coefficient (Wildman–Crippen LogP) is 1.71. The summed E-state index contributed by atoms with van der Waals surface area (Å²) in [7, 11) is 1.49. The minimum Gasteiger partial charge on any atom is -0.481 e. The van der Waals surface area contributed by atoms with Crippen LogP contribution < -0.4 is 15.4 Å². The van der Waals surface area contributed by atoms with Crippen LogP contribution in [0.2, 0.25) is 5.15 Å². The van der Waals surface area contributed by atoms with E-state index in [-0.39, 0.29) is 22.9 Å². The lowest BCUT2D eigenvalue weighted by atomic mass is 9.75. The molecule has 7 heteroatoms. The molecule has 1 unspecified atom stereocenters. The SMILES string of the molecule is COc1cc(Cl)nc(NC(=O)C2(C(C)C)CCNC2)n1. The molecule has 1 aliphatic rings. The highest BCUT2D eigenvalue weighted by Gasteiger charge is 2.44. The van der Waals surface area contributed by atoms with Crippen LogP contribution >= 0.6 is 11.6 Å². The molecule has 0 bridgehead atoms. The summed E-state index contributed by atoms with van der Waals surface area (Å²) in [6.07, 6.45) is 0.800. The van der Waals surface area contributed by atoms with Crippen LogP contribution in [0.15, 0.2) is 6.07 Å². The Morgan fingerprint density at radius 3 is 2.85 bits per heavy atom. The number of aromatic nitrogens is 2. The minimum atomic E-state index is -0.432.